The van der Waals surface area contributed by atoms with Gasteiger partial charge in [-0.1, -0.05) is 54.6 Å². The van der Waals surface area contributed by atoms with E-state index in [2.05, 4.69) is 78.3 Å². The summed E-state index contributed by atoms with van der Waals surface area (Å²) in [5, 5.41) is 0. The van der Waals surface area contributed by atoms with Gasteiger partial charge in [-0.05, 0) is 48.7 Å². The van der Waals surface area contributed by atoms with Crippen molar-refractivity contribution in [2.24, 2.45) is 0 Å². The van der Waals surface area contributed by atoms with E-state index in [9.17, 15) is 0 Å². The number of rotatable bonds is 4. The molecule has 0 radical (unpaired) electrons. The Morgan fingerprint density at radius 2 is 1.60 bits per heavy atom. The van der Waals surface area contributed by atoms with Gasteiger partial charge < -0.3 is 9.72 Å². The number of morpholine rings is 1. The molecule has 1 N–H and O–H groups in total. The van der Waals surface area contributed by atoms with E-state index in [0.29, 0.717) is 12.2 Å². The number of aromatic nitrogens is 2. The van der Waals surface area contributed by atoms with Crippen LogP contribution in [0.2, 0.25) is 0 Å². The van der Waals surface area contributed by atoms with E-state index in [4.69, 9.17) is 9.72 Å². The van der Waals surface area contributed by atoms with E-state index < -0.39 is 0 Å². The monoisotopic (exact) mass is 397 g/mol. The van der Waals surface area contributed by atoms with Crippen molar-refractivity contribution in [3.63, 3.8) is 0 Å². The minimum Gasteiger partial charge on any atom is -0.373 e. The van der Waals surface area contributed by atoms with Gasteiger partial charge in [-0.3, -0.25) is 4.90 Å². The number of hydrogen-bond acceptors (Lipinski definition) is 3. The van der Waals surface area contributed by atoms with Crippen LogP contribution in [0.3, 0.4) is 0 Å². The number of H-pyrrole nitrogens is 1. The molecular formula is C26H27N3O. The van der Waals surface area contributed by atoms with E-state index in [1.54, 1.807) is 0 Å². The lowest BCUT2D eigenvalue weighted by Crippen LogP contribution is -2.44. The zero-order valence-electron chi connectivity index (χ0n) is 17.5. The summed E-state index contributed by atoms with van der Waals surface area (Å²) in [4.78, 5) is 10.6. The molecule has 5 rings (SSSR count). The number of aromatic amines is 1. The molecule has 1 saturated heterocycles. The Bertz CT molecular complexity index is 1110. The maximum atomic E-state index is 5.86. The maximum absolute atomic E-state index is 5.86. The molecule has 1 aromatic heterocycles. The Kier molecular flexibility index (Phi) is 5.11. The number of para-hydroxylation sites is 2. The molecule has 3 aromatic carbocycles. The fourth-order valence-electron chi connectivity index (χ4n) is 4.43. The van der Waals surface area contributed by atoms with Gasteiger partial charge in [0.25, 0.3) is 0 Å². The highest BCUT2D eigenvalue weighted by molar-refractivity contribution is 5.79. The Morgan fingerprint density at radius 1 is 0.867 bits per heavy atom. The Hall–Kier alpha value is -2.95. The van der Waals surface area contributed by atoms with Crippen LogP contribution in [0.15, 0.2) is 72.8 Å². The first kappa shape index (κ1) is 19.0. The third-order valence-corrected chi connectivity index (χ3v) is 5.71. The van der Waals surface area contributed by atoms with E-state index in [1.165, 1.54) is 16.7 Å². The standard InChI is InChI=1S/C26H27N3O/c1-18-15-29(16-19(2)30-18)17-20-6-5-7-23(14-20)21-10-12-22(13-11-21)26-27-24-8-3-4-9-25(24)28-26/h3-14,18-19H,15-17H2,1-2H3,(H,27,28). The second-order valence-electron chi connectivity index (χ2n) is 8.33. The van der Waals surface area contributed by atoms with Gasteiger partial charge in [0.05, 0.1) is 23.2 Å². The van der Waals surface area contributed by atoms with Crippen LogP contribution in [-0.4, -0.2) is 40.2 Å². The van der Waals surface area contributed by atoms with Crippen LogP contribution in [0, 0.1) is 0 Å². The molecule has 0 spiro atoms. The van der Waals surface area contributed by atoms with Gasteiger partial charge in [0.2, 0.25) is 0 Å². The highest BCUT2D eigenvalue weighted by atomic mass is 16.5. The van der Waals surface area contributed by atoms with Gasteiger partial charge in [-0.15, -0.1) is 0 Å². The summed E-state index contributed by atoms with van der Waals surface area (Å²) >= 11 is 0. The molecule has 4 heteroatoms. The molecule has 1 aliphatic rings. The second-order valence-corrected chi connectivity index (χ2v) is 8.33. The first-order valence-corrected chi connectivity index (χ1v) is 10.7. The van der Waals surface area contributed by atoms with Gasteiger partial charge >= 0.3 is 0 Å². The smallest absolute Gasteiger partial charge is 0.138 e. The number of ether oxygens (including phenoxy) is 1. The molecular weight excluding hydrogens is 370 g/mol. The van der Waals surface area contributed by atoms with Crippen molar-refractivity contribution in [3.05, 3.63) is 78.4 Å². The largest absolute Gasteiger partial charge is 0.373 e. The Morgan fingerprint density at radius 3 is 2.37 bits per heavy atom. The number of nitrogens with one attached hydrogen (secondary N) is 1. The van der Waals surface area contributed by atoms with E-state index in [0.717, 1.165) is 42.1 Å². The van der Waals surface area contributed by atoms with E-state index in [-0.39, 0.29) is 0 Å². The summed E-state index contributed by atoms with van der Waals surface area (Å²) in [5.74, 6) is 0.909. The summed E-state index contributed by atoms with van der Waals surface area (Å²) in [5.41, 5.74) is 6.98. The van der Waals surface area contributed by atoms with Crippen LogP contribution in [0.25, 0.3) is 33.5 Å². The maximum Gasteiger partial charge on any atom is 0.138 e. The molecule has 4 aromatic rings. The van der Waals surface area contributed by atoms with Gasteiger partial charge in [0.15, 0.2) is 0 Å². The molecule has 1 aliphatic heterocycles. The average Bonchev–Trinajstić information content (AvgIpc) is 3.18. The normalized spacial score (nSPS) is 19.9. The van der Waals surface area contributed by atoms with Crippen LogP contribution in [0.4, 0.5) is 0 Å². The molecule has 152 valence electrons. The highest BCUT2D eigenvalue weighted by Gasteiger charge is 2.22. The predicted molar refractivity (Wildman–Crippen MR) is 122 cm³/mol. The third-order valence-electron chi connectivity index (χ3n) is 5.71. The van der Waals surface area contributed by atoms with E-state index in [1.807, 2.05) is 18.2 Å². The molecule has 2 heterocycles. The number of imidazole rings is 1. The average molecular weight is 398 g/mol. The predicted octanol–water partition coefficient (Wildman–Crippen LogP) is 5.51. The minimum atomic E-state index is 0.294. The third kappa shape index (κ3) is 4.02. The number of nitrogens with zero attached hydrogens (tertiary/aromatic N) is 2. The lowest BCUT2D eigenvalue weighted by molar-refractivity contribution is -0.0704. The van der Waals surface area contributed by atoms with E-state index >= 15 is 0 Å². The topological polar surface area (TPSA) is 41.2 Å². The second kappa shape index (κ2) is 8.05. The fraction of sp³-hybridized carbons (Fsp3) is 0.269. The zero-order valence-corrected chi connectivity index (χ0v) is 17.5. The van der Waals surface area contributed by atoms with Gasteiger partial charge in [-0.2, -0.15) is 0 Å². The van der Waals surface area contributed by atoms with Crippen molar-refractivity contribution < 1.29 is 4.74 Å². The summed E-state index contributed by atoms with van der Waals surface area (Å²) in [7, 11) is 0. The van der Waals surface area contributed by atoms with Crippen molar-refractivity contribution >= 4 is 11.0 Å². The number of fused-ring (bicyclic) bond motifs is 1. The SMILES string of the molecule is CC1CN(Cc2cccc(-c3ccc(-c4nc5ccccc5[nH]4)cc3)c2)CC(C)O1. The van der Waals surface area contributed by atoms with Gasteiger partial charge in [0, 0.05) is 25.2 Å². The molecule has 0 bridgehead atoms. The van der Waals surface area contributed by atoms with Crippen LogP contribution in [-0.2, 0) is 11.3 Å². The van der Waals surface area contributed by atoms with Gasteiger partial charge in [0.1, 0.15) is 5.82 Å². The molecule has 0 saturated carbocycles. The van der Waals surface area contributed by atoms with Crippen LogP contribution in [0.5, 0.6) is 0 Å². The quantitative estimate of drug-likeness (QED) is 0.494. The van der Waals surface area contributed by atoms with Crippen LogP contribution >= 0.6 is 0 Å². The molecule has 2 unspecified atom stereocenters. The van der Waals surface area contributed by atoms with Crippen LogP contribution in [0.1, 0.15) is 19.4 Å². The van der Waals surface area contributed by atoms with Crippen molar-refractivity contribution in [2.75, 3.05) is 13.1 Å². The van der Waals surface area contributed by atoms with Crippen molar-refractivity contribution in [1.82, 2.24) is 14.9 Å². The Balaban J connectivity index is 1.35. The zero-order chi connectivity index (χ0) is 20.5. The first-order valence-electron chi connectivity index (χ1n) is 10.7. The minimum absolute atomic E-state index is 0.294. The summed E-state index contributed by atoms with van der Waals surface area (Å²) < 4.78 is 5.86. The lowest BCUT2D eigenvalue weighted by Gasteiger charge is -2.35. The molecule has 1 fully saturated rings. The molecule has 0 aliphatic carbocycles. The summed E-state index contributed by atoms with van der Waals surface area (Å²) in [6.45, 7) is 7.25. The first-order chi connectivity index (χ1) is 14.6. The number of hydrogen-bond donors (Lipinski definition) is 1. The summed E-state index contributed by atoms with van der Waals surface area (Å²) in [6, 6.07) is 25.7. The highest BCUT2D eigenvalue weighted by Crippen LogP contribution is 2.26. The molecule has 2 atom stereocenters. The Labute approximate surface area is 177 Å². The number of benzene rings is 3. The lowest BCUT2D eigenvalue weighted by atomic mass is 10.0. The molecule has 30 heavy (non-hydrogen) atoms. The summed E-state index contributed by atoms with van der Waals surface area (Å²) in [6.07, 6.45) is 0.588. The van der Waals surface area contributed by atoms with Crippen molar-refractivity contribution in [1.29, 1.82) is 0 Å². The van der Waals surface area contributed by atoms with Crippen molar-refractivity contribution in [3.8, 4) is 22.5 Å². The van der Waals surface area contributed by atoms with Crippen molar-refractivity contribution in [2.45, 2.75) is 32.6 Å². The molecule has 0 amide bonds. The van der Waals surface area contributed by atoms with Crippen LogP contribution < -0.4 is 0 Å². The fourth-order valence-corrected chi connectivity index (χ4v) is 4.43. The molecule has 4 nitrogen and oxygen atoms in total. The van der Waals surface area contributed by atoms with Gasteiger partial charge in [-0.25, -0.2) is 4.98 Å².